The third-order valence-corrected chi connectivity index (χ3v) is 3.25. The SMILES string of the molecule is CC(C)Oc1cncc(C(N)C2(C)CC2)c1. The lowest BCUT2D eigenvalue weighted by molar-refractivity contribution is 0.241. The summed E-state index contributed by atoms with van der Waals surface area (Å²) in [6.07, 6.45) is 6.18. The van der Waals surface area contributed by atoms with E-state index in [0.29, 0.717) is 0 Å². The lowest BCUT2D eigenvalue weighted by Crippen LogP contribution is -2.20. The monoisotopic (exact) mass is 220 g/mol. The van der Waals surface area contributed by atoms with Crippen LogP contribution in [0.2, 0.25) is 0 Å². The Bertz CT molecular complexity index is 372. The Hall–Kier alpha value is -1.09. The van der Waals surface area contributed by atoms with Gasteiger partial charge in [0.2, 0.25) is 0 Å². The standard InChI is InChI=1S/C13H20N2O/c1-9(2)16-11-6-10(7-15-8-11)12(14)13(3)4-5-13/h6-9,12H,4-5,14H2,1-3H3. The molecule has 2 rings (SSSR count). The van der Waals surface area contributed by atoms with Crippen LogP contribution in [0.3, 0.4) is 0 Å². The van der Waals surface area contributed by atoms with Crippen LogP contribution in [0.25, 0.3) is 0 Å². The summed E-state index contributed by atoms with van der Waals surface area (Å²) in [5.41, 5.74) is 7.60. The van der Waals surface area contributed by atoms with Gasteiger partial charge in [0.1, 0.15) is 5.75 Å². The minimum atomic E-state index is 0.0794. The first-order chi connectivity index (χ1) is 7.51. The van der Waals surface area contributed by atoms with Crippen LogP contribution in [0.15, 0.2) is 18.5 Å². The topological polar surface area (TPSA) is 48.1 Å². The Labute approximate surface area is 97.0 Å². The zero-order chi connectivity index (χ0) is 11.8. The molecule has 1 aliphatic carbocycles. The first-order valence-electron chi connectivity index (χ1n) is 5.88. The van der Waals surface area contributed by atoms with E-state index in [1.807, 2.05) is 26.1 Å². The molecule has 3 heteroatoms. The van der Waals surface area contributed by atoms with Crippen molar-refractivity contribution in [2.24, 2.45) is 11.1 Å². The molecule has 88 valence electrons. The number of hydrogen-bond donors (Lipinski definition) is 1. The Kier molecular flexibility index (Phi) is 2.89. The predicted molar refractivity (Wildman–Crippen MR) is 64.3 cm³/mol. The number of ether oxygens (including phenoxy) is 1. The van der Waals surface area contributed by atoms with Gasteiger partial charge in [-0.25, -0.2) is 0 Å². The number of rotatable bonds is 4. The van der Waals surface area contributed by atoms with Crippen molar-refractivity contribution in [2.45, 2.75) is 45.8 Å². The molecule has 0 radical (unpaired) electrons. The quantitative estimate of drug-likeness (QED) is 0.848. The lowest BCUT2D eigenvalue weighted by Gasteiger charge is -2.19. The molecule has 0 saturated heterocycles. The minimum Gasteiger partial charge on any atom is -0.489 e. The fourth-order valence-electron chi connectivity index (χ4n) is 1.85. The molecule has 1 heterocycles. The van der Waals surface area contributed by atoms with Crippen molar-refractivity contribution in [1.29, 1.82) is 0 Å². The van der Waals surface area contributed by atoms with Gasteiger partial charge < -0.3 is 10.5 Å². The zero-order valence-electron chi connectivity index (χ0n) is 10.2. The van der Waals surface area contributed by atoms with Crippen LogP contribution in [0.4, 0.5) is 0 Å². The highest BCUT2D eigenvalue weighted by molar-refractivity contribution is 5.28. The molecular formula is C13H20N2O. The molecule has 0 bridgehead atoms. The maximum Gasteiger partial charge on any atom is 0.138 e. The molecule has 1 fully saturated rings. The molecule has 0 aromatic carbocycles. The Morgan fingerprint density at radius 3 is 2.62 bits per heavy atom. The smallest absolute Gasteiger partial charge is 0.138 e. The molecule has 1 saturated carbocycles. The van der Waals surface area contributed by atoms with E-state index in [1.54, 1.807) is 6.20 Å². The van der Waals surface area contributed by atoms with Crippen LogP contribution in [-0.2, 0) is 0 Å². The largest absolute Gasteiger partial charge is 0.489 e. The van der Waals surface area contributed by atoms with Crippen molar-refractivity contribution < 1.29 is 4.74 Å². The van der Waals surface area contributed by atoms with E-state index >= 15 is 0 Å². The molecule has 1 aromatic heterocycles. The second-order valence-electron chi connectivity index (χ2n) is 5.25. The van der Waals surface area contributed by atoms with Crippen molar-refractivity contribution in [1.82, 2.24) is 4.98 Å². The van der Waals surface area contributed by atoms with Gasteiger partial charge in [0.05, 0.1) is 12.3 Å². The predicted octanol–water partition coefficient (Wildman–Crippen LogP) is 2.67. The Morgan fingerprint density at radius 2 is 2.06 bits per heavy atom. The van der Waals surface area contributed by atoms with E-state index in [4.69, 9.17) is 10.5 Å². The fraction of sp³-hybridized carbons (Fsp3) is 0.615. The summed E-state index contributed by atoms with van der Waals surface area (Å²) in [5, 5.41) is 0. The van der Waals surface area contributed by atoms with Crippen LogP contribution < -0.4 is 10.5 Å². The summed E-state index contributed by atoms with van der Waals surface area (Å²) in [6, 6.07) is 2.09. The maximum atomic E-state index is 6.24. The van der Waals surface area contributed by atoms with Gasteiger partial charge in [-0.15, -0.1) is 0 Å². The molecule has 2 N–H and O–H groups in total. The van der Waals surface area contributed by atoms with Crippen LogP contribution in [-0.4, -0.2) is 11.1 Å². The number of nitrogens with zero attached hydrogens (tertiary/aromatic N) is 1. The van der Waals surface area contributed by atoms with Crippen LogP contribution >= 0.6 is 0 Å². The number of hydrogen-bond acceptors (Lipinski definition) is 3. The van der Waals surface area contributed by atoms with Crippen LogP contribution in [0.1, 0.15) is 45.2 Å². The summed E-state index contributed by atoms with van der Waals surface area (Å²) >= 11 is 0. The molecular weight excluding hydrogens is 200 g/mol. The van der Waals surface area contributed by atoms with E-state index in [-0.39, 0.29) is 17.6 Å². The first-order valence-corrected chi connectivity index (χ1v) is 5.88. The Morgan fingerprint density at radius 1 is 1.38 bits per heavy atom. The summed E-state index contributed by atoms with van der Waals surface area (Å²) in [4.78, 5) is 4.20. The van der Waals surface area contributed by atoms with Gasteiger partial charge >= 0.3 is 0 Å². The van der Waals surface area contributed by atoms with E-state index in [1.165, 1.54) is 12.8 Å². The van der Waals surface area contributed by atoms with Crippen LogP contribution in [0.5, 0.6) is 5.75 Å². The van der Waals surface area contributed by atoms with Gasteiger partial charge in [0.25, 0.3) is 0 Å². The molecule has 0 spiro atoms. The molecule has 1 aromatic rings. The van der Waals surface area contributed by atoms with Crippen LogP contribution in [0, 0.1) is 5.41 Å². The fourth-order valence-corrected chi connectivity index (χ4v) is 1.85. The molecule has 1 unspecified atom stereocenters. The highest BCUT2D eigenvalue weighted by Crippen LogP contribution is 2.53. The molecule has 1 aliphatic rings. The van der Waals surface area contributed by atoms with Gasteiger partial charge in [-0.1, -0.05) is 6.92 Å². The van der Waals surface area contributed by atoms with E-state index in [9.17, 15) is 0 Å². The van der Waals surface area contributed by atoms with Crippen molar-refractivity contribution in [3.05, 3.63) is 24.0 Å². The highest BCUT2D eigenvalue weighted by Gasteiger charge is 2.43. The molecule has 0 amide bonds. The second kappa shape index (κ2) is 4.06. The van der Waals surface area contributed by atoms with E-state index in [0.717, 1.165) is 11.3 Å². The number of aromatic nitrogens is 1. The maximum absolute atomic E-state index is 6.24. The van der Waals surface area contributed by atoms with Gasteiger partial charge in [0, 0.05) is 12.2 Å². The number of pyridine rings is 1. The second-order valence-corrected chi connectivity index (χ2v) is 5.25. The third-order valence-electron chi connectivity index (χ3n) is 3.25. The summed E-state index contributed by atoms with van der Waals surface area (Å²) in [7, 11) is 0. The van der Waals surface area contributed by atoms with E-state index in [2.05, 4.69) is 11.9 Å². The minimum absolute atomic E-state index is 0.0794. The molecule has 16 heavy (non-hydrogen) atoms. The summed E-state index contributed by atoms with van der Waals surface area (Å²) in [6.45, 7) is 6.25. The molecule has 1 atom stereocenters. The first kappa shape index (κ1) is 11.4. The average molecular weight is 220 g/mol. The van der Waals surface area contributed by atoms with Crippen molar-refractivity contribution in [3.63, 3.8) is 0 Å². The van der Waals surface area contributed by atoms with Crippen molar-refractivity contribution >= 4 is 0 Å². The number of nitrogens with two attached hydrogens (primary N) is 1. The molecule has 0 aliphatic heterocycles. The summed E-state index contributed by atoms with van der Waals surface area (Å²) < 4.78 is 5.62. The lowest BCUT2D eigenvalue weighted by atomic mass is 9.94. The van der Waals surface area contributed by atoms with Gasteiger partial charge in [-0.3, -0.25) is 4.98 Å². The third kappa shape index (κ3) is 2.35. The van der Waals surface area contributed by atoms with Gasteiger partial charge in [0.15, 0.2) is 0 Å². The Balaban J connectivity index is 2.15. The van der Waals surface area contributed by atoms with Crippen molar-refractivity contribution in [3.8, 4) is 5.75 Å². The van der Waals surface area contributed by atoms with Crippen molar-refractivity contribution in [2.75, 3.05) is 0 Å². The highest BCUT2D eigenvalue weighted by atomic mass is 16.5. The van der Waals surface area contributed by atoms with E-state index < -0.39 is 0 Å². The summed E-state index contributed by atoms with van der Waals surface area (Å²) in [5.74, 6) is 0.812. The normalized spacial score (nSPS) is 19.6. The zero-order valence-corrected chi connectivity index (χ0v) is 10.2. The average Bonchev–Trinajstić information content (AvgIpc) is 2.96. The van der Waals surface area contributed by atoms with Gasteiger partial charge in [-0.2, -0.15) is 0 Å². The molecule has 3 nitrogen and oxygen atoms in total. The van der Waals surface area contributed by atoms with Gasteiger partial charge in [-0.05, 0) is 43.7 Å².